The van der Waals surface area contributed by atoms with E-state index in [1.165, 1.54) is 12.1 Å². The fourth-order valence-electron chi connectivity index (χ4n) is 1.38. The van der Waals surface area contributed by atoms with Crippen molar-refractivity contribution in [2.24, 2.45) is 0 Å². The molecule has 0 fully saturated rings. The Balaban J connectivity index is 2.24. The first-order valence-electron chi connectivity index (χ1n) is 5.41. The summed E-state index contributed by atoms with van der Waals surface area (Å²) in [5.74, 6) is -0.220. The molecule has 4 heteroatoms. The predicted molar refractivity (Wildman–Crippen MR) is 60.7 cm³/mol. The van der Waals surface area contributed by atoms with Gasteiger partial charge in [0.05, 0.1) is 19.8 Å². The second kappa shape index (κ2) is 7.33. The van der Waals surface area contributed by atoms with E-state index in [9.17, 15) is 4.39 Å². The Morgan fingerprint density at radius 2 is 2.00 bits per heavy atom. The fraction of sp³-hybridized carbons (Fsp3) is 0.500. The summed E-state index contributed by atoms with van der Waals surface area (Å²) < 4.78 is 17.8. The van der Waals surface area contributed by atoms with E-state index in [2.05, 4.69) is 5.32 Å². The van der Waals surface area contributed by atoms with E-state index in [-0.39, 0.29) is 18.5 Å². The van der Waals surface area contributed by atoms with Crippen LogP contribution in [0.25, 0.3) is 0 Å². The van der Waals surface area contributed by atoms with Crippen LogP contribution in [0.2, 0.25) is 0 Å². The molecule has 1 unspecified atom stereocenters. The molecule has 0 bridgehead atoms. The van der Waals surface area contributed by atoms with Crippen LogP contribution < -0.4 is 5.32 Å². The van der Waals surface area contributed by atoms with Gasteiger partial charge in [-0.25, -0.2) is 4.39 Å². The lowest BCUT2D eigenvalue weighted by molar-refractivity contribution is 0.0928. The van der Waals surface area contributed by atoms with Gasteiger partial charge in [0.1, 0.15) is 5.82 Å². The summed E-state index contributed by atoms with van der Waals surface area (Å²) in [6.07, 6.45) is 0. The van der Waals surface area contributed by atoms with E-state index in [0.29, 0.717) is 19.8 Å². The number of hydrogen-bond acceptors (Lipinski definition) is 3. The normalized spacial score (nSPS) is 12.7. The Morgan fingerprint density at radius 3 is 2.62 bits per heavy atom. The highest BCUT2D eigenvalue weighted by molar-refractivity contribution is 5.19. The van der Waals surface area contributed by atoms with Crippen LogP contribution in [0.3, 0.4) is 0 Å². The van der Waals surface area contributed by atoms with Gasteiger partial charge in [-0.3, -0.25) is 0 Å². The van der Waals surface area contributed by atoms with Crippen LogP contribution >= 0.6 is 0 Å². The number of hydrogen-bond donors (Lipinski definition) is 2. The number of rotatable bonds is 7. The minimum absolute atomic E-state index is 0.0491. The van der Waals surface area contributed by atoms with Crippen LogP contribution in [-0.4, -0.2) is 31.5 Å². The van der Waals surface area contributed by atoms with Crippen LogP contribution in [-0.2, 0) is 4.74 Å². The largest absolute Gasteiger partial charge is 0.394 e. The lowest BCUT2D eigenvalue weighted by Crippen LogP contribution is -2.23. The Labute approximate surface area is 95.2 Å². The Bertz CT molecular complexity index is 290. The summed E-state index contributed by atoms with van der Waals surface area (Å²) >= 11 is 0. The van der Waals surface area contributed by atoms with Crippen molar-refractivity contribution < 1.29 is 14.2 Å². The average molecular weight is 227 g/mol. The van der Waals surface area contributed by atoms with Crippen LogP contribution in [0.1, 0.15) is 18.5 Å². The monoisotopic (exact) mass is 227 g/mol. The van der Waals surface area contributed by atoms with Gasteiger partial charge >= 0.3 is 0 Å². The molecule has 0 aliphatic rings. The molecule has 16 heavy (non-hydrogen) atoms. The smallest absolute Gasteiger partial charge is 0.123 e. The molecular formula is C12H18FNO2. The van der Waals surface area contributed by atoms with Gasteiger partial charge in [0, 0.05) is 12.6 Å². The number of nitrogens with one attached hydrogen (secondary N) is 1. The minimum atomic E-state index is -0.220. The Morgan fingerprint density at radius 1 is 1.31 bits per heavy atom. The molecule has 0 aliphatic heterocycles. The van der Waals surface area contributed by atoms with Crippen molar-refractivity contribution in [1.29, 1.82) is 0 Å². The number of aliphatic hydroxyl groups is 1. The number of aliphatic hydroxyl groups excluding tert-OH is 1. The zero-order valence-electron chi connectivity index (χ0n) is 9.45. The van der Waals surface area contributed by atoms with Crippen LogP contribution in [0.5, 0.6) is 0 Å². The molecule has 0 saturated carbocycles. The molecule has 1 aromatic carbocycles. The van der Waals surface area contributed by atoms with Crippen molar-refractivity contribution >= 4 is 0 Å². The molecule has 1 rings (SSSR count). The van der Waals surface area contributed by atoms with Gasteiger partial charge in [0.15, 0.2) is 0 Å². The van der Waals surface area contributed by atoms with E-state index >= 15 is 0 Å². The van der Waals surface area contributed by atoms with E-state index in [1.54, 1.807) is 12.1 Å². The molecule has 0 amide bonds. The molecule has 0 spiro atoms. The van der Waals surface area contributed by atoms with E-state index in [1.807, 2.05) is 6.92 Å². The molecule has 1 atom stereocenters. The maximum atomic E-state index is 12.7. The number of ether oxygens (including phenoxy) is 1. The van der Waals surface area contributed by atoms with Gasteiger partial charge in [-0.1, -0.05) is 12.1 Å². The third kappa shape index (κ3) is 4.70. The van der Waals surface area contributed by atoms with Crippen LogP contribution in [0.4, 0.5) is 4.39 Å². The predicted octanol–water partition coefficient (Wildman–Crippen LogP) is 1.49. The number of benzene rings is 1. The minimum Gasteiger partial charge on any atom is -0.394 e. The van der Waals surface area contributed by atoms with Crippen molar-refractivity contribution in [3.8, 4) is 0 Å². The van der Waals surface area contributed by atoms with Crippen molar-refractivity contribution in [1.82, 2.24) is 5.32 Å². The van der Waals surface area contributed by atoms with Gasteiger partial charge in [-0.2, -0.15) is 0 Å². The summed E-state index contributed by atoms with van der Waals surface area (Å²) in [4.78, 5) is 0. The molecule has 2 N–H and O–H groups in total. The van der Waals surface area contributed by atoms with Crippen LogP contribution in [0, 0.1) is 5.82 Å². The molecule has 1 aromatic rings. The average Bonchev–Trinajstić information content (AvgIpc) is 2.29. The zero-order chi connectivity index (χ0) is 11.8. The van der Waals surface area contributed by atoms with E-state index in [0.717, 1.165) is 5.56 Å². The molecule has 0 radical (unpaired) electrons. The lowest BCUT2D eigenvalue weighted by atomic mass is 10.1. The first-order valence-corrected chi connectivity index (χ1v) is 5.41. The van der Waals surface area contributed by atoms with Gasteiger partial charge in [-0.15, -0.1) is 0 Å². The quantitative estimate of drug-likeness (QED) is 0.693. The maximum Gasteiger partial charge on any atom is 0.123 e. The third-order valence-corrected chi connectivity index (χ3v) is 2.30. The summed E-state index contributed by atoms with van der Waals surface area (Å²) in [5, 5.41) is 11.7. The first-order chi connectivity index (χ1) is 7.74. The Hall–Kier alpha value is -0.970. The summed E-state index contributed by atoms with van der Waals surface area (Å²) in [6.45, 7) is 3.70. The first kappa shape index (κ1) is 13.1. The van der Waals surface area contributed by atoms with Crippen molar-refractivity contribution in [3.63, 3.8) is 0 Å². The summed E-state index contributed by atoms with van der Waals surface area (Å²) in [6, 6.07) is 6.60. The maximum absolute atomic E-state index is 12.7. The molecule has 0 saturated heterocycles. The van der Waals surface area contributed by atoms with Gasteiger partial charge < -0.3 is 15.2 Å². The molecule has 90 valence electrons. The zero-order valence-corrected chi connectivity index (χ0v) is 9.45. The van der Waals surface area contributed by atoms with E-state index < -0.39 is 0 Å². The molecule has 0 aromatic heterocycles. The molecular weight excluding hydrogens is 209 g/mol. The third-order valence-electron chi connectivity index (χ3n) is 2.30. The van der Waals surface area contributed by atoms with E-state index in [4.69, 9.17) is 9.84 Å². The molecule has 0 aliphatic carbocycles. The summed E-state index contributed by atoms with van der Waals surface area (Å²) in [7, 11) is 0. The lowest BCUT2D eigenvalue weighted by Gasteiger charge is -2.14. The molecule has 3 nitrogen and oxygen atoms in total. The second-order valence-corrected chi connectivity index (χ2v) is 3.56. The standard InChI is InChI=1S/C12H18FNO2/c1-10(14-6-8-16-9-7-15)11-2-4-12(13)5-3-11/h2-5,10,14-15H,6-9H2,1H3. The van der Waals surface area contributed by atoms with Crippen LogP contribution in [0.15, 0.2) is 24.3 Å². The van der Waals surface area contributed by atoms with Crippen molar-refractivity contribution in [2.45, 2.75) is 13.0 Å². The number of halogens is 1. The topological polar surface area (TPSA) is 41.5 Å². The Kier molecular flexibility index (Phi) is 6.00. The summed E-state index contributed by atoms with van der Waals surface area (Å²) in [5.41, 5.74) is 1.04. The van der Waals surface area contributed by atoms with Gasteiger partial charge in [0.25, 0.3) is 0 Å². The van der Waals surface area contributed by atoms with Crippen molar-refractivity contribution in [3.05, 3.63) is 35.6 Å². The fourth-order valence-corrected chi connectivity index (χ4v) is 1.38. The SMILES string of the molecule is CC(NCCOCCO)c1ccc(F)cc1. The van der Waals surface area contributed by atoms with Crippen molar-refractivity contribution in [2.75, 3.05) is 26.4 Å². The highest BCUT2D eigenvalue weighted by Crippen LogP contribution is 2.12. The van der Waals surface area contributed by atoms with Gasteiger partial charge in [-0.05, 0) is 24.6 Å². The highest BCUT2D eigenvalue weighted by Gasteiger charge is 2.03. The second-order valence-electron chi connectivity index (χ2n) is 3.56. The highest BCUT2D eigenvalue weighted by atomic mass is 19.1. The molecule has 0 heterocycles. The van der Waals surface area contributed by atoms with Gasteiger partial charge in [0.2, 0.25) is 0 Å².